The molecule has 0 bridgehead atoms. The van der Waals surface area contributed by atoms with Crippen LogP contribution in [0, 0.1) is 0 Å². The van der Waals surface area contributed by atoms with Crippen LogP contribution in [0.1, 0.15) is 48.8 Å². The van der Waals surface area contributed by atoms with Gasteiger partial charge in [-0.1, -0.05) is 86.1 Å². The quantitative estimate of drug-likeness (QED) is 0.381. The van der Waals surface area contributed by atoms with Gasteiger partial charge in [0.1, 0.15) is 18.0 Å². The van der Waals surface area contributed by atoms with Crippen LogP contribution in [0.3, 0.4) is 0 Å². The normalized spacial score (nSPS) is 19.0. The molecular weight excluding hydrogens is 542 g/mol. The number of piperazine rings is 1. The zero-order chi connectivity index (χ0) is 30.3. The Morgan fingerprint density at radius 3 is 2.16 bits per heavy atom. The van der Waals surface area contributed by atoms with Crippen LogP contribution in [-0.2, 0) is 16.1 Å². The number of nitrogens with zero attached hydrogens (tertiary/aromatic N) is 4. The first-order valence-electron chi connectivity index (χ1n) is 15.0. The molecule has 9 heteroatoms. The highest BCUT2D eigenvalue weighted by Gasteiger charge is 2.50. The number of methoxy groups -OCH3 is 1. The van der Waals surface area contributed by atoms with E-state index in [0.29, 0.717) is 19.5 Å². The molecule has 2 fully saturated rings. The molecule has 4 amide bonds. The standard InChI is InChI=1S/C34H41N5O4/c1-4-11-30-33(41)37(21-20-29(26-12-7-5-8-13-26)27-14-9-6-10-15-27)23-31-38(30)32(40)24-36(2)39(31)34(42)35-22-25-16-18-28(43-3)19-17-25/h5-10,12-19,29-31H,4,11,20-24H2,1-3H3,(H,35,42)/t30-,31-/m0/s1. The molecular formula is C34H41N5O4. The largest absolute Gasteiger partial charge is 0.497 e. The molecule has 2 saturated heterocycles. The van der Waals surface area contributed by atoms with Gasteiger partial charge in [0.05, 0.1) is 20.2 Å². The van der Waals surface area contributed by atoms with Gasteiger partial charge >= 0.3 is 6.03 Å². The van der Waals surface area contributed by atoms with Crippen molar-refractivity contribution in [1.29, 1.82) is 0 Å². The highest BCUT2D eigenvalue weighted by Crippen LogP contribution is 2.31. The van der Waals surface area contributed by atoms with Crippen molar-refractivity contribution < 1.29 is 19.1 Å². The van der Waals surface area contributed by atoms with Crippen molar-refractivity contribution in [3.05, 3.63) is 102 Å². The van der Waals surface area contributed by atoms with Crippen LogP contribution < -0.4 is 10.1 Å². The smallest absolute Gasteiger partial charge is 0.334 e. The molecule has 0 aliphatic carbocycles. The Kier molecular flexibility index (Phi) is 9.61. The molecule has 0 radical (unpaired) electrons. The van der Waals surface area contributed by atoms with E-state index in [2.05, 4.69) is 29.6 Å². The Labute approximate surface area is 254 Å². The van der Waals surface area contributed by atoms with Crippen LogP contribution in [-0.4, -0.2) is 83.7 Å². The number of fused-ring (bicyclic) bond motifs is 1. The molecule has 2 heterocycles. The Hall–Kier alpha value is -4.37. The number of nitrogens with one attached hydrogen (secondary N) is 1. The molecule has 0 aromatic heterocycles. The number of urea groups is 1. The lowest BCUT2D eigenvalue weighted by molar-refractivity contribution is -0.187. The van der Waals surface area contributed by atoms with Gasteiger partial charge in [0, 0.05) is 26.1 Å². The minimum atomic E-state index is -0.603. The first kappa shape index (κ1) is 30.1. The van der Waals surface area contributed by atoms with Crippen molar-refractivity contribution in [1.82, 2.24) is 25.1 Å². The van der Waals surface area contributed by atoms with E-state index in [1.54, 1.807) is 29.1 Å². The average Bonchev–Trinajstić information content (AvgIpc) is 3.03. The molecule has 5 rings (SSSR count). The number of hydrazine groups is 1. The summed E-state index contributed by atoms with van der Waals surface area (Å²) in [7, 11) is 3.36. The Balaban J connectivity index is 1.37. The number of hydrogen-bond acceptors (Lipinski definition) is 5. The number of ether oxygens (including phenoxy) is 1. The van der Waals surface area contributed by atoms with Crippen molar-refractivity contribution in [2.24, 2.45) is 0 Å². The fraction of sp³-hybridized carbons (Fsp3) is 0.382. The second-order valence-electron chi connectivity index (χ2n) is 11.2. The average molecular weight is 584 g/mol. The third kappa shape index (κ3) is 6.67. The zero-order valence-electron chi connectivity index (χ0n) is 25.2. The number of carbonyl (C=O) groups excluding carboxylic acids is 3. The van der Waals surface area contributed by atoms with Crippen LogP contribution >= 0.6 is 0 Å². The highest BCUT2D eigenvalue weighted by molar-refractivity contribution is 5.91. The summed E-state index contributed by atoms with van der Waals surface area (Å²) in [6.07, 6.45) is 1.42. The number of likely N-dealkylation sites (N-methyl/N-ethyl adjacent to an activating group) is 1. The first-order valence-corrected chi connectivity index (χ1v) is 15.0. The van der Waals surface area contributed by atoms with Crippen LogP contribution in [0.2, 0.25) is 0 Å². The summed E-state index contributed by atoms with van der Waals surface area (Å²) in [5.41, 5.74) is 3.31. The molecule has 2 atom stereocenters. The molecule has 3 aromatic carbocycles. The van der Waals surface area contributed by atoms with Gasteiger partial charge in [-0.05, 0) is 41.7 Å². The minimum Gasteiger partial charge on any atom is -0.497 e. The molecule has 226 valence electrons. The SMILES string of the molecule is CCC[C@H]1C(=O)N(CCC(c2ccccc2)c2ccccc2)C[C@H]2N1C(=O)CN(C)N2C(=O)NCc1ccc(OC)cc1. The van der Waals surface area contributed by atoms with Crippen LogP contribution in [0.4, 0.5) is 4.79 Å². The number of hydrogen-bond donors (Lipinski definition) is 1. The Morgan fingerprint density at radius 2 is 1.58 bits per heavy atom. The van der Waals surface area contributed by atoms with Crippen molar-refractivity contribution >= 4 is 17.8 Å². The second-order valence-corrected chi connectivity index (χ2v) is 11.2. The Bertz CT molecular complexity index is 1350. The summed E-state index contributed by atoms with van der Waals surface area (Å²) in [6.45, 7) is 3.13. The van der Waals surface area contributed by atoms with Crippen molar-refractivity contribution in [2.45, 2.75) is 50.9 Å². The maximum atomic E-state index is 13.9. The van der Waals surface area contributed by atoms with Crippen LogP contribution in [0.25, 0.3) is 0 Å². The molecule has 0 unspecified atom stereocenters. The fourth-order valence-corrected chi connectivity index (χ4v) is 6.24. The summed E-state index contributed by atoms with van der Waals surface area (Å²) in [6, 6.07) is 27.3. The minimum absolute atomic E-state index is 0.0318. The third-order valence-corrected chi connectivity index (χ3v) is 8.40. The van der Waals surface area contributed by atoms with E-state index in [0.717, 1.165) is 24.2 Å². The molecule has 0 saturated carbocycles. The van der Waals surface area contributed by atoms with Crippen molar-refractivity contribution in [2.75, 3.05) is 33.8 Å². The maximum Gasteiger partial charge on any atom is 0.334 e. The summed E-state index contributed by atoms with van der Waals surface area (Å²) in [5, 5.41) is 6.29. The van der Waals surface area contributed by atoms with Gasteiger partial charge in [0.25, 0.3) is 0 Å². The van der Waals surface area contributed by atoms with Crippen molar-refractivity contribution in [3.8, 4) is 5.75 Å². The predicted octanol–water partition coefficient (Wildman–Crippen LogP) is 4.46. The second kappa shape index (κ2) is 13.7. The van der Waals surface area contributed by atoms with E-state index in [1.165, 1.54) is 11.1 Å². The van der Waals surface area contributed by atoms with Crippen LogP contribution in [0.15, 0.2) is 84.9 Å². The van der Waals surface area contributed by atoms with Gasteiger partial charge in [0.15, 0.2) is 0 Å². The lowest BCUT2D eigenvalue weighted by Gasteiger charge is -2.54. The maximum absolute atomic E-state index is 13.9. The lowest BCUT2D eigenvalue weighted by atomic mass is 9.88. The van der Waals surface area contributed by atoms with Crippen molar-refractivity contribution in [3.63, 3.8) is 0 Å². The topological polar surface area (TPSA) is 85.4 Å². The van der Waals surface area contributed by atoms with E-state index in [-0.39, 0.29) is 36.9 Å². The summed E-state index contributed by atoms with van der Waals surface area (Å²) in [5.74, 6) is 0.673. The molecule has 0 spiro atoms. The van der Waals surface area contributed by atoms with Gasteiger partial charge < -0.3 is 19.9 Å². The first-order chi connectivity index (χ1) is 20.9. The number of carbonyl (C=O) groups is 3. The van der Waals surface area contributed by atoms with Gasteiger partial charge in [-0.25, -0.2) is 14.8 Å². The zero-order valence-corrected chi connectivity index (χ0v) is 25.2. The molecule has 43 heavy (non-hydrogen) atoms. The van der Waals surface area contributed by atoms with E-state index in [9.17, 15) is 14.4 Å². The summed E-state index contributed by atoms with van der Waals surface area (Å²) in [4.78, 5) is 44.4. The van der Waals surface area contributed by atoms with Gasteiger partial charge in [0.2, 0.25) is 11.8 Å². The number of benzene rings is 3. The summed E-state index contributed by atoms with van der Waals surface area (Å²) < 4.78 is 5.23. The number of amides is 4. The molecule has 3 aromatic rings. The van der Waals surface area contributed by atoms with Gasteiger partial charge in [-0.3, -0.25) is 9.59 Å². The highest BCUT2D eigenvalue weighted by atomic mass is 16.5. The third-order valence-electron chi connectivity index (χ3n) is 8.40. The summed E-state index contributed by atoms with van der Waals surface area (Å²) >= 11 is 0. The molecule has 1 N–H and O–H groups in total. The van der Waals surface area contributed by atoms with E-state index < -0.39 is 12.2 Å². The monoisotopic (exact) mass is 583 g/mol. The molecule has 2 aliphatic heterocycles. The van der Waals surface area contributed by atoms with E-state index in [1.807, 2.05) is 72.5 Å². The number of rotatable bonds is 10. The van der Waals surface area contributed by atoms with Crippen LogP contribution in [0.5, 0.6) is 5.75 Å². The van der Waals surface area contributed by atoms with E-state index in [4.69, 9.17) is 4.74 Å². The predicted molar refractivity (Wildman–Crippen MR) is 165 cm³/mol. The fourth-order valence-electron chi connectivity index (χ4n) is 6.24. The molecule has 2 aliphatic rings. The molecule has 9 nitrogen and oxygen atoms in total. The van der Waals surface area contributed by atoms with Gasteiger partial charge in [-0.15, -0.1) is 0 Å². The Morgan fingerprint density at radius 1 is 0.953 bits per heavy atom. The van der Waals surface area contributed by atoms with E-state index >= 15 is 0 Å². The van der Waals surface area contributed by atoms with Gasteiger partial charge in [-0.2, -0.15) is 0 Å². The lowest BCUT2D eigenvalue weighted by Crippen LogP contribution is -2.76.